The molecule has 0 aliphatic heterocycles. The standard InChI is InChI=1S/C24H18F4N6OS/c1-3-20(35)31-16-8-9-18(25)19(10-16)32-21-17(14-4-6-15(7-5-14)24(26,27)28)11-29-22(33-21)34-23-30-13(2)12-36-23/h3-12H,1H2,2H3,(H,31,35)(H2,29,30,32,33,34). The SMILES string of the molecule is C=CC(=O)Nc1ccc(F)c(Nc2nc(Nc3nc(C)cs3)ncc2-c2ccc(C(F)(F)F)cc2)c1. The molecule has 184 valence electrons. The van der Waals surface area contributed by atoms with E-state index in [4.69, 9.17) is 0 Å². The highest BCUT2D eigenvalue weighted by Crippen LogP contribution is 2.35. The van der Waals surface area contributed by atoms with Crippen LogP contribution in [0.4, 0.5) is 45.8 Å². The molecule has 0 spiro atoms. The van der Waals surface area contributed by atoms with E-state index in [-0.39, 0.29) is 17.5 Å². The molecule has 2 aromatic carbocycles. The molecule has 4 aromatic rings. The van der Waals surface area contributed by atoms with Crippen LogP contribution >= 0.6 is 11.3 Å². The maximum Gasteiger partial charge on any atom is 0.416 e. The van der Waals surface area contributed by atoms with Crippen LogP contribution in [0.1, 0.15) is 11.3 Å². The van der Waals surface area contributed by atoms with Crippen LogP contribution in [0.25, 0.3) is 11.1 Å². The Kier molecular flexibility index (Phi) is 6.97. The average molecular weight is 515 g/mol. The van der Waals surface area contributed by atoms with Crippen molar-refractivity contribution in [1.29, 1.82) is 0 Å². The van der Waals surface area contributed by atoms with Crippen LogP contribution in [0.5, 0.6) is 0 Å². The van der Waals surface area contributed by atoms with E-state index in [9.17, 15) is 22.4 Å². The van der Waals surface area contributed by atoms with Crippen molar-refractivity contribution in [3.05, 3.63) is 83.8 Å². The van der Waals surface area contributed by atoms with Crippen LogP contribution < -0.4 is 16.0 Å². The Morgan fingerprint density at radius 3 is 2.47 bits per heavy atom. The lowest BCUT2D eigenvalue weighted by atomic mass is 10.1. The smallest absolute Gasteiger partial charge is 0.337 e. The quantitative estimate of drug-likeness (QED) is 0.188. The molecular formula is C24H18F4N6OS. The van der Waals surface area contributed by atoms with E-state index in [2.05, 4.69) is 37.5 Å². The van der Waals surface area contributed by atoms with E-state index in [1.54, 1.807) is 0 Å². The summed E-state index contributed by atoms with van der Waals surface area (Å²) in [4.78, 5) is 24.6. The number of rotatable bonds is 7. The largest absolute Gasteiger partial charge is 0.416 e. The minimum atomic E-state index is -4.49. The van der Waals surface area contributed by atoms with Gasteiger partial charge in [0.05, 0.1) is 16.9 Å². The molecule has 4 rings (SSSR count). The molecule has 0 saturated carbocycles. The minimum absolute atomic E-state index is 0.0280. The summed E-state index contributed by atoms with van der Waals surface area (Å²) in [6, 6.07) is 8.31. The molecule has 0 bridgehead atoms. The van der Waals surface area contributed by atoms with Crippen molar-refractivity contribution in [2.24, 2.45) is 0 Å². The molecule has 0 atom stereocenters. The number of carbonyl (C=O) groups excluding carboxylic acids is 1. The van der Waals surface area contributed by atoms with Gasteiger partial charge in [0.2, 0.25) is 11.9 Å². The highest BCUT2D eigenvalue weighted by Gasteiger charge is 2.30. The molecule has 0 unspecified atom stereocenters. The molecule has 1 amide bonds. The van der Waals surface area contributed by atoms with Gasteiger partial charge >= 0.3 is 6.18 Å². The lowest BCUT2D eigenvalue weighted by molar-refractivity contribution is -0.137. The van der Waals surface area contributed by atoms with E-state index in [0.717, 1.165) is 30.0 Å². The van der Waals surface area contributed by atoms with Gasteiger partial charge in [-0.15, -0.1) is 11.3 Å². The molecule has 0 aliphatic rings. The number of amides is 1. The Morgan fingerprint density at radius 1 is 1.08 bits per heavy atom. The second kappa shape index (κ2) is 10.1. The van der Waals surface area contributed by atoms with E-state index >= 15 is 0 Å². The highest BCUT2D eigenvalue weighted by atomic mass is 32.1. The molecule has 3 N–H and O–H groups in total. The molecule has 7 nitrogen and oxygen atoms in total. The summed E-state index contributed by atoms with van der Waals surface area (Å²) >= 11 is 1.33. The van der Waals surface area contributed by atoms with Gasteiger partial charge in [0, 0.05) is 22.8 Å². The molecular weight excluding hydrogens is 496 g/mol. The number of hydrogen-bond donors (Lipinski definition) is 3. The predicted octanol–water partition coefficient (Wildman–Crippen LogP) is 6.68. The highest BCUT2D eigenvalue weighted by molar-refractivity contribution is 7.13. The maximum absolute atomic E-state index is 14.7. The predicted molar refractivity (Wildman–Crippen MR) is 131 cm³/mol. The number of carbonyl (C=O) groups is 1. The van der Waals surface area contributed by atoms with Gasteiger partial charge in [-0.25, -0.2) is 14.4 Å². The van der Waals surface area contributed by atoms with Crippen molar-refractivity contribution in [2.45, 2.75) is 13.1 Å². The first-order chi connectivity index (χ1) is 17.1. The molecule has 2 heterocycles. The van der Waals surface area contributed by atoms with E-state index in [1.165, 1.54) is 41.8 Å². The molecule has 0 radical (unpaired) electrons. The topological polar surface area (TPSA) is 91.8 Å². The summed E-state index contributed by atoms with van der Waals surface area (Å²) in [5, 5.41) is 10.7. The fourth-order valence-corrected chi connectivity index (χ4v) is 3.80. The number of nitrogens with zero attached hydrogens (tertiary/aromatic N) is 3. The van der Waals surface area contributed by atoms with Crippen molar-refractivity contribution in [3.63, 3.8) is 0 Å². The van der Waals surface area contributed by atoms with Crippen molar-refractivity contribution in [3.8, 4) is 11.1 Å². The average Bonchev–Trinajstić information content (AvgIpc) is 3.25. The fraction of sp³-hybridized carbons (Fsp3) is 0.0833. The number of aryl methyl sites for hydroxylation is 1. The summed E-state index contributed by atoms with van der Waals surface area (Å²) < 4.78 is 53.7. The fourth-order valence-electron chi connectivity index (χ4n) is 3.11. The Morgan fingerprint density at radius 2 is 1.83 bits per heavy atom. The van der Waals surface area contributed by atoms with Gasteiger partial charge in [-0.05, 0) is 48.9 Å². The van der Waals surface area contributed by atoms with Crippen LogP contribution in [0.2, 0.25) is 0 Å². The summed E-state index contributed by atoms with van der Waals surface area (Å²) in [6.07, 6.45) is -2.01. The van der Waals surface area contributed by atoms with Crippen LogP contribution in [-0.2, 0) is 11.0 Å². The summed E-state index contributed by atoms with van der Waals surface area (Å²) in [6.45, 7) is 5.20. The molecule has 2 aromatic heterocycles. The zero-order chi connectivity index (χ0) is 25.9. The van der Waals surface area contributed by atoms with Gasteiger partial charge in [0.25, 0.3) is 0 Å². The lowest BCUT2D eigenvalue weighted by Crippen LogP contribution is -2.08. The first kappa shape index (κ1) is 24.8. The van der Waals surface area contributed by atoms with E-state index in [1.807, 2.05) is 12.3 Å². The number of hydrogen-bond acceptors (Lipinski definition) is 7. The number of aromatic nitrogens is 3. The van der Waals surface area contributed by atoms with Crippen LogP contribution in [0.3, 0.4) is 0 Å². The van der Waals surface area contributed by atoms with Crippen molar-refractivity contribution < 1.29 is 22.4 Å². The molecule has 0 saturated heterocycles. The van der Waals surface area contributed by atoms with Gasteiger partial charge in [-0.1, -0.05) is 18.7 Å². The van der Waals surface area contributed by atoms with Crippen molar-refractivity contribution >= 4 is 45.5 Å². The molecule has 0 fully saturated rings. The lowest BCUT2D eigenvalue weighted by Gasteiger charge is -2.15. The summed E-state index contributed by atoms with van der Waals surface area (Å²) in [5.74, 6) is -0.871. The van der Waals surface area contributed by atoms with Gasteiger partial charge < -0.3 is 10.6 Å². The third kappa shape index (κ3) is 5.84. The third-order valence-electron chi connectivity index (χ3n) is 4.82. The second-order valence-corrected chi connectivity index (χ2v) is 8.32. The first-order valence-electron chi connectivity index (χ1n) is 10.4. The number of benzene rings is 2. The van der Waals surface area contributed by atoms with Crippen LogP contribution in [0, 0.1) is 12.7 Å². The normalized spacial score (nSPS) is 11.1. The monoisotopic (exact) mass is 514 g/mol. The Balaban J connectivity index is 1.74. The van der Waals surface area contributed by atoms with E-state index < -0.39 is 23.5 Å². The van der Waals surface area contributed by atoms with Crippen molar-refractivity contribution in [2.75, 3.05) is 16.0 Å². The van der Waals surface area contributed by atoms with Crippen LogP contribution in [-0.4, -0.2) is 20.9 Å². The number of thiazole rings is 1. The maximum atomic E-state index is 14.7. The van der Waals surface area contributed by atoms with E-state index in [0.29, 0.717) is 21.9 Å². The zero-order valence-corrected chi connectivity index (χ0v) is 19.5. The Labute approximate surface area is 207 Å². The van der Waals surface area contributed by atoms with Crippen LogP contribution in [0.15, 0.2) is 66.7 Å². The Bertz CT molecular complexity index is 1420. The molecule has 36 heavy (non-hydrogen) atoms. The molecule has 12 heteroatoms. The van der Waals surface area contributed by atoms with Gasteiger partial charge in [-0.2, -0.15) is 18.2 Å². The minimum Gasteiger partial charge on any atom is -0.337 e. The number of halogens is 4. The zero-order valence-electron chi connectivity index (χ0n) is 18.7. The summed E-state index contributed by atoms with van der Waals surface area (Å²) in [7, 11) is 0. The first-order valence-corrected chi connectivity index (χ1v) is 11.2. The molecule has 0 aliphatic carbocycles. The second-order valence-electron chi connectivity index (χ2n) is 7.46. The Hall–Kier alpha value is -4.32. The van der Waals surface area contributed by atoms with Gasteiger partial charge in [-0.3, -0.25) is 10.1 Å². The van der Waals surface area contributed by atoms with Gasteiger partial charge in [0.1, 0.15) is 11.6 Å². The van der Waals surface area contributed by atoms with Gasteiger partial charge in [0.15, 0.2) is 5.13 Å². The number of alkyl halides is 3. The van der Waals surface area contributed by atoms with Crippen molar-refractivity contribution in [1.82, 2.24) is 15.0 Å². The third-order valence-corrected chi connectivity index (χ3v) is 5.70. The summed E-state index contributed by atoms with van der Waals surface area (Å²) in [5.41, 5.74) is 0.951. The number of anilines is 5. The number of nitrogens with one attached hydrogen (secondary N) is 3.